The van der Waals surface area contributed by atoms with E-state index >= 15 is 0 Å². The van der Waals surface area contributed by atoms with Crippen LogP contribution in [0.2, 0.25) is 0 Å². The smallest absolute Gasteiger partial charge is 0.208 e. The Morgan fingerprint density at radius 2 is 1.90 bits per heavy atom. The predicted molar refractivity (Wildman–Crippen MR) is 84.2 cm³/mol. The molecule has 3 nitrogen and oxygen atoms in total. The maximum Gasteiger partial charge on any atom is 0.240 e. The van der Waals surface area contributed by atoms with Crippen LogP contribution in [0.15, 0.2) is 41.8 Å². The van der Waals surface area contributed by atoms with E-state index in [0.29, 0.717) is 4.90 Å². The van der Waals surface area contributed by atoms with Gasteiger partial charge in [0.15, 0.2) is 0 Å². The second-order valence-electron chi connectivity index (χ2n) is 5.14. The van der Waals surface area contributed by atoms with E-state index in [1.165, 1.54) is 0 Å². The van der Waals surface area contributed by atoms with Crippen LogP contribution in [0.3, 0.4) is 0 Å². The van der Waals surface area contributed by atoms with Crippen LogP contribution in [-0.4, -0.2) is 14.5 Å². The molecule has 0 amide bonds. The highest BCUT2D eigenvalue weighted by Gasteiger charge is 2.19. The summed E-state index contributed by atoms with van der Waals surface area (Å²) < 4.78 is 27.5. The summed E-state index contributed by atoms with van der Waals surface area (Å²) in [6.45, 7) is 7.75. The molecular weight excluding hydrogens is 270 g/mol. The van der Waals surface area contributed by atoms with Gasteiger partial charge in [0.2, 0.25) is 10.0 Å². The number of nitrogens with one attached hydrogen (secondary N) is 1. The van der Waals surface area contributed by atoms with Gasteiger partial charge in [-0.1, -0.05) is 43.5 Å². The molecule has 0 fully saturated rings. The molecule has 0 saturated heterocycles. The lowest BCUT2D eigenvalue weighted by atomic mass is 10.1. The van der Waals surface area contributed by atoms with E-state index in [9.17, 15) is 8.42 Å². The highest BCUT2D eigenvalue weighted by molar-refractivity contribution is 7.89. The van der Waals surface area contributed by atoms with Crippen LogP contribution in [0, 0.1) is 6.92 Å². The number of sulfonamides is 1. The molecular formula is C16H25NO2S. The largest absolute Gasteiger partial charge is 0.240 e. The summed E-state index contributed by atoms with van der Waals surface area (Å²) in [6, 6.07) is 6.93. The molecule has 0 bridgehead atoms. The standard InChI is InChI=1S/C16H25NO2S/c1-4-6-8-15(9-7-5-2)17-20(18,19)16-12-10-14(3)11-13-16/h4,10-13,15,17H,1,5-9H2,2-3H3/t15-/m0/s1. The number of hydrogen-bond acceptors (Lipinski definition) is 2. The Balaban J connectivity index is 2.78. The van der Waals surface area contributed by atoms with Crippen LogP contribution in [0.25, 0.3) is 0 Å². The zero-order chi connectivity index (χ0) is 15.0. The normalized spacial score (nSPS) is 13.1. The van der Waals surface area contributed by atoms with Crippen molar-refractivity contribution in [3.8, 4) is 0 Å². The summed E-state index contributed by atoms with van der Waals surface area (Å²) in [5, 5.41) is 0. The fraction of sp³-hybridized carbons (Fsp3) is 0.500. The summed E-state index contributed by atoms with van der Waals surface area (Å²) in [7, 11) is -3.42. The number of allylic oxidation sites excluding steroid dienone is 1. The Bertz CT molecular complexity index is 506. The van der Waals surface area contributed by atoms with Gasteiger partial charge in [0.05, 0.1) is 4.90 Å². The number of aryl methyl sites for hydroxylation is 1. The Labute approximate surface area is 123 Å². The van der Waals surface area contributed by atoms with Gasteiger partial charge in [0.1, 0.15) is 0 Å². The predicted octanol–water partition coefficient (Wildman–Crippen LogP) is 3.80. The minimum atomic E-state index is -3.42. The Hall–Kier alpha value is -1.13. The van der Waals surface area contributed by atoms with Crippen molar-refractivity contribution in [2.75, 3.05) is 0 Å². The van der Waals surface area contributed by atoms with Crippen molar-refractivity contribution >= 4 is 10.0 Å². The van der Waals surface area contributed by atoms with Gasteiger partial charge in [-0.2, -0.15) is 0 Å². The molecule has 1 N–H and O–H groups in total. The summed E-state index contributed by atoms with van der Waals surface area (Å²) in [5.74, 6) is 0. The van der Waals surface area contributed by atoms with Crippen LogP contribution in [-0.2, 0) is 10.0 Å². The van der Waals surface area contributed by atoms with Crippen molar-refractivity contribution in [1.82, 2.24) is 4.72 Å². The molecule has 1 atom stereocenters. The van der Waals surface area contributed by atoms with Gasteiger partial charge in [-0.05, 0) is 38.3 Å². The van der Waals surface area contributed by atoms with Crippen LogP contribution in [0.5, 0.6) is 0 Å². The molecule has 0 radical (unpaired) electrons. The van der Waals surface area contributed by atoms with Crippen molar-refractivity contribution in [3.63, 3.8) is 0 Å². The summed E-state index contributed by atoms with van der Waals surface area (Å²) in [4.78, 5) is 0.336. The maximum atomic E-state index is 12.3. The van der Waals surface area contributed by atoms with Gasteiger partial charge >= 0.3 is 0 Å². The van der Waals surface area contributed by atoms with Crippen molar-refractivity contribution in [2.24, 2.45) is 0 Å². The Morgan fingerprint density at radius 1 is 1.25 bits per heavy atom. The first-order valence-electron chi connectivity index (χ1n) is 7.19. The maximum absolute atomic E-state index is 12.3. The average molecular weight is 295 g/mol. The van der Waals surface area contributed by atoms with Crippen molar-refractivity contribution < 1.29 is 8.42 Å². The monoisotopic (exact) mass is 295 g/mol. The van der Waals surface area contributed by atoms with Crippen LogP contribution >= 0.6 is 0 Å². The molecule has 0 aliphatic carbocycles. The van der Waals surface area contributed by atoms with Gasteiger partial charge in [0.25, 0.3) is 0 Å². The Morgan fingerprint density at radius 3 is 2.45 bits per heavy atom. The van der Waals surface area contributed by atoms with E-state index in [1.807, 2.05) is 25.1 Å². The quantitative estimate of drug-likeness (QED) is 0.704. The number of unbranched alkanes of at least 4 members (excludes halogenated alkanes) is 1. The van der Waals surface area contributed by atoms with Crippen LogP contribution < -0.4 is 4.72 Å². The first kappa shape index (κ1) is 16.9. The molecule has 0 unspecified atom stereocenters. The van der Waals surface area contributed by atoms with E-state index in [2.05, 4.69) is 18.2 Å². The lowest BCUT2D eigenvalue weighted by molar-refractivity contribution is 0.490. The highest BCUT2D eigenvalue weighted by Crippen LogP contribution is 2.14. The third-order valence-electron chi connectivity index (χ3n) is 3.28. The summed E-state index contributed by atoms with van der Waals surface area (Å²) in [6.07, 6.45) is 6.42. The topological polar surface area (TPSA) is 46.2 Å². The first-order valence-corrected chi connectivity index (χ1v) is 8.67. The summed E-state index contributed by atoms with van der Waals surface area (Å²) >= 11 is 0. The van der Waals surface area contributed by atoms with Crippen molar-refractivity contribution in [2.45, 2.75) is 56.9 Å². The van der Waals surface area contributed by atoms with E-state index < -0.39 is 10.0 Å². The molecule has 0 saturated carbocycles. The Kier molecular flexibility index (Phi) is 6.96. The van der Waals surface area contributed by atoms with E-state index in [1.54, 1.807) is 12.1 Å². The fourth-order valence-corrected chi connectivity index (χ4v) is 3.34. The first-order chi connectivity index (χ1) is 9.49. The van der Waals surface area contributed by atoms with Gasteiger partial charge in [0, 0.05) is 6.04 Å². The molecule has 20 heavy (non-hydrogen) atoms. The van der Waals surface area contributed by atoms with E-state index in [-0.39, 0.29) is 6.04 Å². The second kappa shape index (κ2) is 8.22. The van der Waals surface area contributed by atoms with Gasteiger partial charge in [-0.25, -0.2) is 13.1 Å². The molecule has 1 aromatic rings. The van der Waals surface area contributed by atoms with Crippen molar-refractivity contribution in [3.05, 3.63) is 42.5 Å². The fourth-order valence-electron chi connectivity index (χ4n) is 2.04. The number of rotatable bonds is 9. The van der Waals surface area contributed by atoms with Gasteiger partial charge in [-0.3, -0.25) is 0 Å². The van der Waals surface area contributed by atoms with Crippen LogP contribution in [0.1, 0.15) is 44.6 Å². The molecule has 0 aliphatic heterocycles. The zero-order valence-electron chi connectivity index (χ0n) is 12.4. The minimum Gasteiger partial charge on any atom is -0.208 e. The zero-order valence-corrected chi connectivity index (χ0v) is 13.2. The molecule has 112 valence electrons. The average Bonchev–Trinajstić information content (AvgIpc) is 2.42. The summed E-state index contributed by atoms with van der Waals surface area (Å²) in [5.41, 5.74) is 1.05. The minimum absolute atomic E-state index is 0.0146. The molecule has 1 rings (SSSR count). The molecule has 4 heteroatoms. The highest BCUT2D eigenvalue weighted by atomic mass is 32.2. The van der Waals surface area contributed by atoms with Crippen molar-refractivity contribution in [1.29, 1.82) is 0 Å². The molecule has 0 aliphatic rings. The van der Waals surface area contributed by atoms with Crippen LogP contribution in [0.4, 0.5) is 0 Å². The molecule has 1 aromatic carbocycles. The molecule has 0 heterocycles. The third-order valence-corrected chi connectivity index (χ3v) is 4.81. The second-order valence-corrected chi connectivity index (χ2v) is 6.85. The van der Waals surface area contributed by atoms with E-state index in [0.717, 1.165) is 37.7 Å². The van der Waals surface area contributed by atoms with Gasteiger partial charge in [-0.15, -0.1) is 6.58 Å². The van der Waals surface area contributed by atoms with E-state index in [4.69, 9.17) is 0 Å². The lowest BCUT2D eigenvalue weighted by Gasteiger charge is -2.18. The van der Waals surface area contributed by atoms with Gasteiger partial charge < -0.3 is 0 Å². The number of hydrogen-bond donors (Lipinski definition) is 1. The SMILES string of the molecule is C=CCC[C@@H](CCCC)NS(=O)(=O)c1ccc(C)cc1. The lowest BCUT2D eigenvalue weighted by Crippen LogP contribution is -2.34. The number of benzene rings is 1. The third kappa shape index (κ3) is 5.47. The molecule has 0 spiro atoms. The molecule has 0 aromatic heterocycles.